The molecule has 1 aromatic rings. The van der Waals surface area contributed by atoms with Gasteiger partial charge in [0.15, 0.2) is 0 Å². The van der Waals surface area contributed by atoms with E-state index in [2.05, 4.69) is 10.3 Å². The Morgan fingerprint density at radius 3 is 2.80 bits per heavy atom. The molecule has 0 spiro atoms. The predicted molar refractivity (Wildman–Crippen MR) is 71.2 cm³/mol. The van der Waals surface area contributed by atoms with Gasteiger partial charge in [-0.2, -0.15) is 0 Å². The van der Waals surface area contributed by atoms with Crippen LogP contribution >= 0.6 is 11.6 Å². The van der Waals surface area contributed by atoms with Gasteiger partial charge in [0.05, 0.1) is 11.8 Å². The first-order chi connectivity index (χ1) is 8.76. The normalized spacial score (nSPS) is 13.2. The maximum Gasteiger partial charge on any atom is 0.400 e. The fourth-order valence-corrected chi connectivity index (χ4v) is 2.02. The van der Waals surface area contributed by atoms with Crippen LogP contribution in [-0.4, -0.2) is 23.3 Å². The number of carbonyl (C=O) groups is 1. The van der Waals surface area contributed by atoms with Crippen LogP contribution in [0.4, 0.5) is 4.79 Å². The van der Waals surface area contributed by atoms with E-state index in [1.165, 1.54) is 0 Å². The van der Waals surface area contributed by atoms with E-state index >= 15 is 0 Å². The first-order valence-corrected chi connectivity index (χ1v) is 6.30. The van der Waals surface area contributed by atoms with Crippen LogP contribution < -0.4 is 10.1 Å². The number of alkyl carbamates (subject to hydrolysis) is 1. The molecule has 20 heavy (non-hydrogen) atoms. The molecule has 0 aliphatic carbocycles. The number of fused-ring (bicyclic) bond motifs is 1. The van der Waals surface area contributed by atoms with Crippen LogP contribution in [0.25, 0.3) is 0 Å². The number of nitrogens with one attached hydrogen (secondary N) is 1. The number of aromatic nitrogens is 1. The minimum absolute atomic E-state index is 0. The summed E-state index contributed by atoms with van der Waals surface area (Å²) in [5, 5.41) is 3.06. The van der Waals surface area contributed by atoms with Crippen LogP contribution in [-0.2, 0) is 37.4 Å². The molecule has 1 aliphatic rings. The van der Waals surface area contributed by atoms with E-state index in [1.807, 2.05) is 0 Å². The molecule has 1 amide bonds. The maximum absolute atomic E-state index is 11.7. The number of halogens is 1. The summed E-state index contributed by atoms with van der Waals surface area (Å²) in [5.41, 5.74) is 0.908. The predicted octanol–water partition coefficient (Wildman–Crippen LogP) is 2.84. The monoisotopic (exact) mass is 372 g/mol. The van der Waals surface area contributed by atoms with Crippen LogP contribution in [0.15, 0.2) is 6.07 Å². The molecule has 0 saturated carbocycles. The first kappa shape index (κ1) is 17.5. The molecule has 5 nitrogen and oxygen atoms in total. The van der Waals surface area contributed by atoms with Crippen LogP contribution in [0.3, 0.4) is 0 Å². The fourth-order valence-electron chi connectivity index (χ4n) is 1.78. The molecule has 7 heteroatoms. The number of carbonyl (C=O) groups excluding carboxylic acids is 1. The molecule has 0 aromatic carbocycles. The van der Waals surface area contributed by atoms with Gasteiger partial charge in [-0.25, -0.2) is 4.79 Å². The SMILES string of the molecule is Cc1nc(Cl)cc2c1OC[C-]2NC(=O)OC(C)(C)C.[Y]. The third-order valence-corrected chi connectivity index (χ3v) is 2.64. The van der Waals surface area contributed by atoms with Crippen molar-refractivity contribution in [2.45, 2.75) is 33.3 Å². The van der Waals surface area contributed by atoms with Gasteiger partial charge < -0.3 is 14.8 Å². The molecule has 0 bridgehead atoms. The van der Waals surface area contributed by atoms with Crippen molar-refractivity contribution in [3.8, 4) is 5.75 Å². The minimum Gasteiger partial charge on any atom is -0.555 e. The van der Waals surface area contributed by atoms with Crippen molar-refractivity contribution in [1.82, 2.24) is 10.3 Å². The van der Waals surface area contributed by atoms with Gasteiger partial charge in [-0.05, 0) is 33.7 Å². The number of hydrogen-bond donors (Lipinski definition) is 1. The van der Waals surface area contributed by atoms with E-state index in [1.54, 1.807) is 33.8 Å². The molecule has 1 aliphatic heterocycles. The zero-order chi connectivity index (χ0) is 14.2. The van der Waals surface area contributed by atoms with Crippen molar-refractivity contribution < 1.29 is 47.0 Å². The number of nitrogens with zero attached hydrogens (tertiary/aromatic N) is 1. The van der Waals surface area contributed by atoms with Crippen molar-refractivity contribution in [2.75, 3.05) is 6.61 Å². The van der Waals surface area contributed by atoms with Gasteiger partial charge in [-0.1, -0.05) is 11.6 Å². The zero-order valence-electron chi connectivity index (χ0n) is 11.9. The second kappa shape index (κ2) is 6.50. The van der Waals surface area contributed by atoms with Crippen molar-refractivity contribution in [2.24, 2.45) is 0 Å². The van der Waals surface area contributed by atoms with Crippen molar-refractivity contribution >= 4 is 17.7 Å². The van der Waals surface area contributed by atoms with Crippen LogP contribution in [0.1, 0.15) is 32.0 Å². The Morgan fingerprint density at radius 2 is 2.20 bits per heavy atom. The van der Waals surface area contributed by atoms with Gasteiger partial charge in [0.2, 0.25) is 0 Å². The average molecular weight is 373 g/mol. The largest absolute Gasteiger partial charge is 0.555 e. The van der Waals surface area contributed by atoms with E-state index in [0.717, 1.165) is 5.56 Å². The number of amides is 1. The summed E-state index contributed by atoms with van der Waals surface area (Å²) in [6.07, 6.45) is -0.510. The van der Waals surface area contributed by atoms with Gasteiger partial charge in [0.25, 0.3) is 0 Å². The maximum atomic E-state index is 11.7. The van der Waals surface area contributed by atoms with E-state index in [4.69, 9.17) is 21.1 Å². The number of hydrogen-bond acceptors (Lipinski definition) is 4. The molecule has 2 rings (SSSR count). The quantitative estimate of drug-likeness (QED) is 0.608. The Labute approximate surface area is 148 Å². The molecule has 1 N–H and O–H groups in total. The molecular formula is C13H16ClN2O3Y-. The molecule has 0 fully saturated rings. The van der Waals surface area contributed by atoms with Gasteiger partial charge in [0, 0.05) is 44.2 Å². The van der Waals surface area contributed by atoms with Crippen molar-refractivity contribution in [3.05, 3.63) is 28.5 Å². The third kappa shape index (κ3) is 4.24. The molecule has 2 heterocycles. The first-order valence-electron chi connectivity index (χ1n) is 5.92. The topological polar surface area (TPSA) is 60.5 Å². The molecule has 1 radical (unpaired) electrons. The number of rotatable bonds is 1. The van der Waals surface area contributed by atoms with Crippen LogP contribution in [0.5, 0.6) is 5.75 Å². The summed E-state index contributed by atoms with van der Waals surface area (Å²) in [7, 11) is 0. The summed E-state index contributed by atoms with van der Waals surface area (Å²) >= 11 is 5.91. The average Bonchev–Trinajstić information content (AvgIpc) is 2.58. The van der Waals surface area contributed by atoms with Crippen LogP contribution in [0, 0.1) is 13.0 Å². The van der Waals surface area contributed by atoms with Crippen molar-refractivity contribution in [1.29, 1.82) is 0 Å². The van der Waals surface area contributed by atoms with Gasteiger partial charge in [-0.3, -0.25) is 4.98 Å². The number of aryl methyl sites for hydroxylation is 1. The van der Waals surface area contributed by atoms with E-state index < -0.39 is 11.7 Å². The zero-order valence-corrected chi connectivity index (χ0v) is 15.5. The summed E-state index contributed by atoms with van der Waals surface area (Å²) in [5.74, 6) is 0.649. The van der Waals surface area contributed by atoms with Gasteiger partial charge in [0.1, 0.15) is 5.60 Å². The van der Waals surface area contributed by atoms with Gasteiger partial charge >= 0.3 is 6.09 Å². The Balaban J connectivity index is 0.00000200. The second-order valence-electron chi connectivity index (χ2n) is 5.30. The van der Waals surface area contributed by atoms with Gasteiger partial charge in [-0.15, -0.1) is 11.6 Å². The number of ether oxygens (including phenoxy) is 2. The molecule has 0 saturated heterocycles. The fraction of sp³-hybridized carbons (Fsp3) is 0.462. The smallest absolute Gasteiger partial charge is 0.400 e. The Bertz CT molecular complexity index is 517. The Kier molecular flexibility index (Phi) is 5.70. The summed E-state index contributed by atoms with van der Waals surface area (Å²) in [4.78, 5) is 15.8. The standard InChI is InChI=1S/C13H16ClN2O3.Y/c1-7-11-8(5-10(14)15-7)9(6-18-11)16-12(17)19-13(2,3)4;/h5H,6H2,1-4H3,(H,16,17);/q-1;. The molecule has 0 unspecified atom stereocenters. The third-order valence-electron chi connectivity index (χ3n) is 2.45. The van der Waals surface area contributed by atoms with E-state index in [0.29, 0.717) is 22.6 Å². The van der Waals surface area contributed by atoms with E-state index in [9.17, 15) is 4.79 Å². The second-order valence-corrected chi connectivity index (χ2v) is 5.69. The summed E-state index contributed by atoms with van der Waals surface area (Å²) < 4.78 is 10.7. The summed E-state index contributed by atoms with van der Waals surface area (Å²) in [6.45, 7) is 7.50. The van der Waals surface area contributed by atoms with Crippen molar-refractivity contribution in [3.63, 3.8) is 0 Å². The molecular weight excluding hydrogens is 357 g/mol. The number of pyridine rings is 1. The molecule has 1 aromatic heterocycles. The van der Waals surface area contributed by atoms with Crippen LogP contribution in [0.2, 0.25) is 5.15 Å². The van der Waals surface area contributed by atoms with E-state index in [-0.39, 0.29) is 39.3 Å². The Morgan fingerprint density at radius 1 is 1.55 bits per heavy atom. The summed E-state index contributed by atoms with van der Waals surface area (Å²) in [6, 6.07) is 2.31. The molecule has 0 atom stereocenters. The Hall–Kier alpha value is -0.516. The molecule has 107 valence electrons. The minimum atomic E-state index is -0.543.